The summed E-state index contributed by atoms with van der Waals surface area (Å²) in [5.41, 5.74) is 0. The van der Waals surface area contributed by atoms with E-state index in [1.807, 2.05) is 0 Å². The number of ether oxygens (including phenoxy) is 3. The van der Waals surface area contributed by atoms with Crippen molar-refractivity contribution < 1.29 is 75.8 Å². The van der Waals surface area contributed by atoms with Crippen LogP contribution >= 0.6 is 15.6 Å². The van der Waals surface area contributed by atoms with Gasteiger partial charge in [0.15, 0.2) is 6.10 Å². The van der Waals surface area contributed by atoms with Crippen LogP contribution in [0.1, 0.15) is 278 Å². The van der Waals surface area contributed by atoms with Crippen LogP contribution < -0.4 is 0 Å². The van der Waals surface area contributed by atoms with Crippen LogP contribution in [0.25, 0.3) is 0 Å². The standard InChI is InChI=1S/C69H122O16P2/c1-4-7-10-13-16-19-22-24-25-26-27-28-29-30-31-32-33-34-35-36-37-39-42-43-46-49-52-55-67(72)79-58-64(70)59-81-86(75,76)82-60-65(71)61-83-87(77,78)84-63-66(85-69(74)57-54-51-48-45-40-21-18-15-12-9-6-3)62-80-68(73)56-53-50-47-44-41-38-23-20-17-14-11-8-5-2/h7,10,15-16,18-19,24-25,27-28,30-31,33-34,64-66,70-71H,4-6,8-9,11-14,17,20-23,26,29,32,35-63H2,1-3H3,(H,75,76)(H,77,78)/b10-7-,18-15-,19-16-,25-24-,28-27-,31-30-,34-33-. The SMILES string of the molecule is CC/C=C\C/C=C\C/C=C\C/C=C\C/C=C\C/C=C\CCCCCCCCCCC(=O)OCC(O)COP(=O)(O)OCC(O)COP(=O)(O)OCC(COC(=O)CCCCCCCCCCCCCCC)OC(=O)CCCCCCC/C=C\CCCC. The highest BCUT2D eigenvalue weighted by molar-refractivity contribution is 7.47. The molecular formula is C69H122O16P2. The number of hydrogen-bond donors (Lipinski definition) is 4. The monoisotopic (exact) mass is 1270 g/mol. The first kappa shape index (κ1) is 83.7. The number of allylic oxidation sites excluding steroid dienone is 14. The molecule has 0 rings (SSSR count). The van der Waals surface area contributed by atoms with Crippen molar-refractivity contribution in [3.8, 4) is 0 Å². The highest BCUT2D eigenvalue weighted by Crippen LogP contribution is 2.45. The average molecular weight is 1270 g/mol. The molecule has 0 aliphatic rings. The zero-order chi connectivity index (χ0) is 63.8. The van der Waals surface area contributed by atoms with E-state index in [4.69, 9.17) is 32.3 Å². The van der Waals surface area contributed by atoms with E-state index >= 15 is 0 Å². The molecule has 0 aromatic heterocycles. The van der Waals surface area contributed by atoms with Gasteiger partial charge in [0.2, 0.25) is 0 Å². The second-order valence-corrected chi connectivity index (χ2v) is 25.5. The fraction of sp³-hybridized carbons (Fsp3) is 0.754. The van der Waals surface area contributed by atoms with Gasteiger partial charge in [-0.2, -0.15) is 0 Å². The molecule has 0 aliphatic heterocycles. The quantitative estimate of drug-likeness (QED) is 0.0146. The Kier molecular flexibility index (Phi) is 60.5. The Morgan fingerprint density at radius 1 is 0.333 bits per heavy atom. The lowest BCUT2D eigenvalue weighted by molar-refractivity contribution is -0.161. The number of aliphatic hydroxyl groups is 2. The van der Waals surface area contributed by atoms with Crippen LogP contribution in [0, 0.1) is 0 Å². The largest absolute Gasteiger partial charge is 0.472 e. The molecule has 0 radical (unpaired) electrons. The summed E-state index contributed by atoms with van der Waals surface area (Å²) in [4.78, 5) is 58.2. The molecule has 0 heterocycles. The predicted octanol–water partition coefficient (Wildman–Crippen LogP) is 18.5. The molecule has 4 N–H and O–H groups in total. The van der Waals surface area contributed by atoms with E-state index in [-0.39, 0.29) is 19.3 Å². The van der Waals surface area contributed by atoms with Crippen LogP contribution in [0.2, 0.25) is 0 Å². The van der Waals surface area contributed by atoms with Gasteiger partial charge in [-0.1, -0.05) is 254 Å². The summed E-state index contributed by atoms with van der Waals surface area (Å²) in [6.45, 7) is 2.50. The molecule has 5 atom stereocenters. The number of phosphoric ester groups is 2. The maximum absolute atomic E-state index is 12.8. The van der Waals surface area contributed by atoms with Crippen molar-refractivity contribution in [2.75, 3.05) is 39.6 Å². The lowest BCUT2D eigenvalue weighted by atomic mass is 10.0. The van der Waals surface area contributed by atoms with E-state index < -0.39 is 91.5 Å². The smallest absolute Gasteiger partial charge is 0.463 e. The van der Waals surface area contributed by atoms with Crippen molar-refractivity contribution in [3.05, 3.63) is 85.1 Å². The minimum Gasteiger partial charge on any atom is -0.463 e. The summed E-state index contributed by atoms with van der Waals surface area (Å²) >= 11 is 0. The van der Waals surface area contributed by atoms with Crippen molar-refractivity contribution in [1.82, 2.24) is 0 Å². The van der Waals surface area contributed by atoms with E-state index in [1.165, 1.54) is 89.9 Å². The molecule has 0 saturated carbocycles. The van der Waals surface area contributed by atoms with E-state index in [0.29, 0.717) is 19.3 Å². The third kappa shape index (κ3) is 64.1. The first-order valence-corrected chi connectivity index (χ1v) is 36.9. The Bertz CT molecular complexity index is 1930. The third-order valence-corrected chi connectivity index (χ3v) is 16.0. The molecule has 504 valence electrons. The van der Waals surface area contributed by atoms with Gasteiger partial charge in [0.25, 0.3) is 0 Å². The van der Waals surface area contributed by atoms with Gasteiger partial charge in [-0.25, -0.2) is 9.13 Å². The topological polar surface area (TPSA) is 231 Å². The van der Waals surface area contributed by atoms with E-state index in [9.17, 15) is 43.5 Å². The van der Waals surface area contributed by atoms with Crippen LogP contribution in [0.4, 0.5) is 0 Å². The fourth-order valence-electron chi connectivity index (χ4n) is 8.91. The maximum atomic E-state index is 12.8. The summed E-state index contributed by atoms with van der Waals surface area (Å²) in [6, 6.07) is 0. The lowest BCUT2D eigenvalue weighted by Crippen LogP contribution is -2.30. The second kappa shape index (κ2) is 62.9. The Labute approximate surface area is 527 Å². The van der Waals surface area contributed by atoms with Gasteiger partial charge >= 0.3 is 33.6 Å². The normalized spacial score (nSPS) is 14.8. The zero-order valence-electron chi connectivity index (χ0n) is 54.4. The summed E-state index contributed by atoms with van der Waals surface area (Å²) in [5, 5.41) is 20.5. The van der Waals surface area contributed by atoms with Gasteiger partial charge in [-0.05, 0) is 89.9 Å². The number of rotatable bonds is 64. The lowest BCUT2D eigenvalue weighted by Gasteiger charge is -2.21. The van der Waals surface area contributed by atoms with Crippen LogP contribution in [0.3, 0.4) is 0 Å². The van der Waals surface area contributed by atoms with E-state index in [1.54, 1.807) is 0 Å². The zero-order valence-corrected chi connectivity index (χ0v) is 56.2. The Morgan fingerprint density at radius 3 is 1.01 bits per heavy atom. The Hall–Kier alpha value is -3.27. The maximum Gasteiger partial charge on any atom is 0.472 e. The molecule has 87 heavy (non-hydrogen) atoms. The third-order valence-electron chi connectivity index (χ3n) is 14.1. The number of unbranched alkanes of at least 4 members (excludes halogenated alkanes) is 27. The molecule has 0 fully saturated rings. The summed E-state index contributed by atoms with van der Waals surface area (Å²) in [7, 11) is -9.76. The minimum atomic E-state index is -4.91. The first-order chi connectivity index (χ1) is 42.2. The van der Waals surface area contributed by atoms with Gasteiger partial charge < -0.3 is 34.2 Å². The van der Waals surface area contributed by atoms with Crippen LogP contribution in [-0.2, 0) is 55.8 Å². The molecule has 0 saturated heterocycles. The Balaban J connectivity index is 4.45. The first-order valence-electron chi connectivity index (χ1n) is 33.9. The van der Waals surface area contributed by atoms with Crippen molar-refractivity contribution in [3.63, 3.8) is 0 Å². The molecular weight excluding hydrogens is 1150 g/mol. The van der Waals surface area contributed by atoms with Crippen LogP contribution in [-0.4, -0.2) is 95.9 Å². The van der Waals surface area contributed by atoms with Crippen molar-refractivity contribution in [2.24, 2.45) is 0 Å². The second-order valence-electron chi connectivity index (χ2n) is 22.6. The van der Waals surface area contributed by atoms with Crippen molar-refractivity contribution >= 4 is 33.6 Å². The van der Waals surface area contributed by atoms with Crippen LogP contribution in [0.5, 0.6) is 0 Å². The van der Waals surface area contributed by atoms with Crippen molar-refractivity contribution in [1.29, 1.82) is 0 Å². The number of esters is 3. The fourth-order valence-corrected chi connectivity index (χ4v) is 10.5. The van der Waals surface area contributed by atoms with E-state index in [2.05, 4.69) is 106 Å². The van der Waals surface area contributed by atoms with Crippen LogP contribution in [0.15, 0.2) is 85.1 Å². The van der Waals surface area contributed by atoms with Gasteiger partial charge in [0.1, 0.15) is 25.4 Å². The predicted molar refractivity (Wildman–Crippen MR) is 353 cm³/mol. The van der Waals surface area contributed by atoms with E-state index in [0.717, 1.165) is 128 Å². The van der Waals surface area contributed by atoms with Gasteiger partial charge in [0, 0.05) is 19.3 Å². The molecule has 0 aromatic carbocycles. The molecule has 18 heteroatoms. The molecule has 0 bridgehead atoms. The minimum absolute atomic E-state index is 0.0972. The number of hydrogen-bond acceptors (Lipinski definition) is 14. The number of phosphoric acid groups is 2. The van der Waals surface area contributed by atoms with Crippen molar-refractivity contribution in [2.45, 2.75) is 296 Å². The number of carbonyl (C=O) groups excluding carboxylic acids is 3. The molecule has 16 nitrogen and oxygen atoms in total. The molecule has 0 aromatic rings. The summed E-state index contributed by atoms with van der Waals surface area (Å²) in [6.07, 6.45) is 66.5. The molecule has 0 amide bonds. The number of carbonyl (C=O) groups is 3. The molecule has 0 aliphatic carbocycles. The Morgan fingerprint density at radius 2 is 0.621 bits per heavy atom. The highest BCUT2D eigenvalue weighted by atomic mass is 31.2. The van der Waals surface area contributed by atoms with Gasteiger partial charge in [-0.15, -0.1) is 0 Å². The number of aliphatic hydroxyl groups excluding tert-OH is 2. The average Bonchev–Trinajstić information content (AvgIpc) is 3.53. The summed E-state index contributed by atoms with van der Waals surface area (Å²) < 4.78 is 60.7. The van der Waals surface area contributed by atoms with Gasteiger partial charge in [-0.3, -0.25) is 32.5 Å². The highest BCUT2D eigenvalue weighted by Gasteiger charge is 2.29. The molecule has 5 unspecified atom stereocenters. The van der Waals surface area contributed by atoms with Gasteiger partial charge in [0.05, 0.1) is 26.4 Å². The summed E-state index contributed by atoms with van der Waals surface area (Å²) in [5.74, 6) is -1.59. The molecule has 0 spiro atoms.